The topological polar surface area (TPSA) is 54.8 Å². The zero-order valence-electron chi connectivity index (χ0n) is 15.3. The van der Waals surface area contributed by atoms with Gasteiger partial charge in [-0.05, 0) is 43.3 Å². The molecule has 0 amide bonds. The van der Waals surface area contributed by atoms with Gasteiger partial charge in [0.2, 0.25) is 0 Å². The molecule has 2 aromatic heterocycles. The van der Waals surface area contributed by atoms with E-state index in [1.807, 2.05) is 12.1 Å². The summed E-state index contributed by atoms with van der Waals surface area (Å²) < 4.78 is 0. The Hall–Kier alpha value is -3.25. The van der Waals surface area contributed by atoms with Crippen LogP contribution in [-0.2, 0) is 0 Å². The maximum absolute atomic E-state index is 4.39. The summed E-state index contributed by atoms with van der Waals surface area (Å²) in [7, 11) is 0. The van der Waals surface area contributed by atoms with Gasteiger partial charge in [0, 0.05) is 39.9 Å². The Balaban J connectivity index is 1.59. The van der Waals surface area contributed by atoms with Crippen molar-refractivity contribution in [2.24, 2.45) is 0 Å². The lowest BCUT2D eigenvalue weighted by Crippen LogP contribution is -2.20. The Bertz CT molecular complexity index is 1040. The fourth-order valence-electron chi connectivity index (χ4n) is 3.47. The second-order valence-electron chi connectivity index (χ2n) is 6.40. The molecule has 0 bridgehead atoms. The van der Waals surface area contributed by atoms with Crippen LogP contribution < -0.4 is 4.90 Å². The van der Waals surface area contributed by atoms with Crippen molar-refractivity contribution >= 4 is 23.1 Å². The van der Waals surface area contributed by atoms with Gasteiger partial charge in [-0.1, -0.05) is 23.9 Å². The molecule has 1 aliphatic rings. The Morgan fingerprint density at radius 1 is 0.750 bits per heavy atom. The molecular weight excluding hydrogens is 366 g/mol. The number of aromatic nitrogens is 4. The highest BCUT2D eigenvalue weighted by molar-refractivity contribution is 7.99. The predicted molar refractivity (Wildman–Crippen MR) is 112 cm³/mol. The highest BCUT2D eigenvalue weighted by atomic mass is 32.2. The van der Waals surface area contributed by atoms with E-state index in [2.05, 4.69) is 68.2 Å². The van der Waals surface area contributed by atoms with Crippen LogP contribution in [0.15, 0.2) is 83.4 Å². The molecule has 0 spiro atoms. The second kappa shape index (κ2) is 7.05. The van der Waals surface area contributed by atoms with Gasteiger partial charge >= 0.3 is 0 Å². The summed E-state index contributed by atoms with van der Waals surface area (Å²) in [6, 6.07) is 16.9. The first-order valence-corrected chi connectivity index (χ1v) is 9.91. The Morgan fingerprint density at radius 2 is 1.29 bits per heavy atom. The lowest BCUT2D eigenvalue weighted by atomic mass is 10.1. The summed E-state index contributed by atoms with van der Waals surface area (Å²) in [4.78, 5) is 21.6. The SMILES string of the molecule is CCN1c2ccc(-c3ccncn3)cc2Sc2cc(-c3ccncn3)ccc21. The van der Waals surface area contributed by atoms with E-state index in [0.717, 1.165) is 29.1 Å². The fraction of sp³-hybridized carbons (Fsp3) is 0.0909. The van der Waals surface area contributed by atoms with Crippen molar-refractivity contribution in [2.75, 3.05) is 11.4 Å². The molecular formula is C22H17N5S. The van der Waals surface area contributed by atoms with E-state index in [1.165, 1.54) is 21.2 Å². The molecule has 0 aliphatic carbocycles. The maximum atomic E-state index is 4.39. The summed E-state index contributed by atoms with van der Waals surface area (Å²) in [6.45, 7) is 3.08. The molecule has 0 fully saturated rings. The van der Waals surface area contributed by atoms with Gasteiger partial charge < -0.3 is 4.90 Å². The summed E-state index contributed by atoms with van der Waals surface area (Å²) in [6.07, 6.45) is 6.72. The molecule has 1 aliphatic heterocycles. The van der Waals surface area contributed by atoms with Gasteiger partial charge in [0.15, 0.2) is 0 Å². The summed E-state index contributed by atoms with van der Waals surface area (Å²) in [5.41, 5.74) is 6.52. The van der Waals surface area contributed by atoms with E-state index in [-0.39, 0.29) is 0 Å². The van der Waals surface area contributed by atoms with Crippen molar-refractivity contribution in [3.63, 3.8) is 0 Å². The van der Waals surface area contributed by atoms with Crippen LogP contribution in [0.4, 0.5) is 11.4 Å². The van der Waals surface area contributed by atoms with E-state index in [1.54, 1.807) is 36.8 Å². The van der Waals surface area contributed by atoms with Crippen LogP contribution in [0.3, 0.4) is 0 Å². The third-order valence-corrected chi connectivity index (χ3v) is 5.89. The number of nitrogens with zero attached hydrogens (tertiary/aromatic N) is 5. The predicted octanol–water partition coefficient (Wildman–Crippen LogP) is 5.22. The zero-order chi connectivity index (χ0) is 18.9. The molecule has 136 valence electrons. The van der Waals surface area contributed by atoms with Crippen LogP contribution in [0, 0.1) is 0 Å². The smallest absolute Gasteiger partial charge is 0.116 e. The number of benzene rings is 2. The van der Waals surface area contributed by atoms with Crippen LogP contribution in [0.2, 0.25) is 0 Å². The Labute approximate surface area is 167 Å². The van der Waals surface area contributed by atoms with Crippen molar-refractivity contribution in [1.82, 2.24) is 19.9 Å². The number of hydrogen-bond acceptors (Lipinski definition) is 6. The first-order valence-electron chi connectivity index (χ1n) is 9.10. The number of hydrogen-bond donors (Lipinski definition) is 0. The van der Waals surface area contributed by atoms with Crippen molar-refractivity contribution < 1.29 is 0 Å². The van der Waals surface area contributed by atoms with Crippen molar-refractivity contribution in [1.29, 1.82) is 0 Å². The molecule has 28 heavy (non-hydrogen) atoms. The minimum absolute atomic E-state index is 0.903. The standard InChI is InChI=1S/C22H17N5S/c1-2-27-19-5-3-15(17-7-9-23-13-25-17)11-21(19)28-22-12-16(4-6-20(22)27)18-8-10-24-14-26-18/h3-14H,2H2,1H3. The van der Waals surface area contributed by atoms with E-state index in [9.17, 15) is 0 Å². The maximum Gasteiger partial charge on any atom is 0.116 e. The summed E-state index contributed by atoms with van der Waals surface area (Å²) in [5, 5.41) is 0. The van der Waals surface area contributed by atoms with Crippen LogP contribution in [-0.4, -0.2) is 26.5 Å². The fourth-order valence-corrected chi connectivity index (χ4v) is 4.64. The van der Waals surface area contributed by atoms with Gasteiger partial charge in [0.1, 0.15) is 12.7 Å². The molecule has 4 aromatic rings. The second-order valence-corrected chi connectivity index (χ2v) is 7.48. The van der Waals surface area contributed by atoms with Crippen LogP contribution in [0.5, 0.6) is 0 Å². The highest BCUT2D eigenvalue weighted by Gasteiger charge is 2.23. The van der Waals surface area contributed by atoms with Crippen LogP contribution in [0.1, 0.15) is 6.92 Å². The molecule has 0 unspecified atom stereocenters. The van der Waals surface area contributed by atoms with Gasteiger partial charge in [-0.2, -0.15) is 0 Å². The van der Waals surface area contributed by atoms with Crippen molar-refractivity contribution in [3.05, 3.63) is 73.6 Å². The molecule has 0 radical (unpaired) electrons. The average Bonchev–Trinajstić information content (AvgIpc) is 2.78. The molecule has 5 nitrogen and oxygen atoms in total. The average molecular weight is 383 g/mol. The summed E-state index contributed by atoms with van der Waals surface area (Å²) >= 11 is 1.79. The van der Waals surface area contributed by atoms with E-state index >= 15 is 0 Å². The quantitative estimate of drug-likeness (QED) is 0.483. The molecule has 3 heterocycles. The Kier molecular flexibility index (Phi) is 4.25. The van der Waals surface area contributed by atoms with Crippen LogP contribution >= 0.6 is 11.8 Å². The van der Waals surface area contributed by atoms with Gasteiger partial charge in [0.25, 0.3) is 0 Å². The van der Waals surface area contributed by atoms with Crippen molar-refractivity contribution in [3.8, 4) is 22.5 Å². The number of anilines is 2. The zero-order valence-corrected chi connectivity index (χ0v) is 16.1. The van der Waals surface area contributed by atoms with Gasteiger partial charge in [-0.3, -0.25) is 0 Å². The third kappa shape index (κ3) is 2.92. The largest absolute Gasteiger partial charge is 0.340 e. The lowest BCUT2D eigenvalue weighted by Gasteiger charge is -2.32. The van der Waals surface area contributed by atoms with E-state index < -0.39 is 0 Å². The molecule has 6 heteroatoms. The number of fused-ring (bicyclic) bond motifs is 2. The first kappa shape index (κ1) is 16.9. The molecule has 2 aromatic carbocycles. The minimum atomic E-state index is 0.903. The molecule has 0 atom stereocenters. The normalized spacial score (nSPS) is 12.4. The monoisotopic (exact) mass is 383 g/mol. The lowest BCUT2D eigenvalue weighted by molar-refractivity contribution is 0.979. The van der Waals surface area contributed by atoms with Crippen LogP contribution in [0.25, 0.3) is 22.5 Å². The van der Waals surface area contributed by atoms with E-state index in [0.29, 0.717) is 0 Å². The summed E-state index contributed by atoms with van der Waals surface area (Å²) in [5.74, 6) is 0. The molecule has 0 N–H and O–H groups in total. The Morgan fingerprint density at radius 3 is 1.71 bits per heavy atom. The molecule has 0 saturated heterocycles. The molecule has 0 saturated carbocycles. The third-order valence-electron chi connectivity index (χ3n) is 4.79. The highest BCUT2D eigenvalue weighted by Crippen LogP contribution is 2.49. The minimum Gasteiger partial charge on any atom is -0.340 e. The van der Waals surface area contributed by atoms with Crippen molar-refractivity contribution in [2.45, 2.75) is 16.7 Å². The van der Waals surface area contributed by atoms with Gasteiger partial charge in [-0.15, -0.1) is 0 Å². The van der Waals surface area contributed by atoms with Gasteiger partial charge in [0.05, 0.1) is 22.8 Å². The molecule has 5 rings (SSSR count). The van der Waals surface area contributed by atoms with E-state index in [4.69, 9.17) is 0 Å². The van der Waals surface area contributed by atoms with Gasteiger partial charge in [-0.25, -0.2) is 19.9 Å². The number of rotatable bonds is 3. The first-order chi connectivity index (χ1) is 13.8.